The Bertz CT molecular complexity index is 892. The summed E-state index contributed by atoms with van der Waals surface area (Å²) in [4.78, 5) is 15.2. The average molecular weight is 367 g/mol. The van der Waals surface area contributed by atoms with E-state index in [0.717, 1.165) is 43.6 Å². The van der Waals surface area contributed by atoms with Crippen molar-refractivity contribution in [1.29, 1.82) is 0 Å². The van der Waals surface area contributed by atoms with Gasteiger partial charge in [0.15, 0.2) is 0 Å². The lowest BCUT2D eigenvalue weighted by atomic mass is 9.83. The Morgan fingerprint density at radius 3 is 2.70 bits per heavy atom. The van der Waals surface area contributed by atoms with E-state index in [0.29, 0.717) is 11.9 Å². The lowest BCUT2D eigenvalue weighted by Gasteiger charge is -2.49. The second-order valence-electron chi connectivity index (χ2n) is 8.35. The third kappa shape index (κ3) is 2.82. The van der Waals surface area contributed by atoms with E-state index < -0.39 is 0 Å². The quantitative estimate of drug-likeness (QED) is 0.740. The van der Waals surface area contributed by atoms with Crippen LogP contribution < -0.4 is 0 Å². The minimum absolute atomic E-state index is 0.0236. The molecule has 0 fully saturated rings. The number of hydrogen-bond donors (Lipinski definition) is 0. The van der Waals surface area contributed by atoms with Gasteiger partial charge < -0.3 is 14.0 Å². The summed E-state index contributed by atoms with van der Waals surface area (Å²) < 4.78 is 3.37. The van der Waals surface area contributed by atoms with E-state index >= 15 is 0 Å². The standard InChI is InChI=1S/C23H32N3O/c1-5-13-26(4)16-18(23(27)24(6-2)7-3)14-20-19-10-8-9-17-11-12-25(22(17)19)15-21(20)26/h8-12,14,18,21H,5-7,13,15-16H2,1-4H3/q+1/t18-,21?,26?/m0/s1. The van der Waals surface area contributed by atoms with Gasteiger partial charge in [0.1, 0.15) is 12.0 Å². The molecule has 3 heterocycles. The van der Waals surface area contributed by atoms with Crippen molar-refractivity contribution in [3.63, 3.8) is 0 Å². The Kier molecular flexibility index (Phi) is 4.63. The zero-order valence-corrected chi connectivity index (χ0v) is 17.1. The minimum Gasteiger partial charge on any atom is -0.343 e. The van der Waals surface area contributed by atoms with Gasteiger partial charge in [-0.15, -0.1) is 0 Å². The van der Waals surface area contributed by atoms with Crippen molar-refractivity contribution < 1.29 is 9.28 Å². The van der Waals surface area contributed by atoms with E-state index in [1.807, 2.05) is 4.90 Å². The number of carbonyl (C=O) groups is 1. The van der Waals surface area contributed by atoms with Gasteiger partial charge in [0.05, 0.1) is 32.2 Å². The zero-order valence-electron chi connectivity index (χ0n) is 17.1. The molecule has 0 saturated carbocycles. The van der Waals surface area contributed by atoms with Crippen molar-refractivity contribution in [3.8, 4) is 0 Å². The molecule has 0 radical (unpaired) electrons. The van der Waals surface area contributed by atoms with Gasteiger partial charge in [-0.25, -0.2) is 0 Å². The third-order valence-electron chi connectivity index (χ3n) is 6.70. The molecule has 0 aliphatic carbocycles. The van der Waals surface area contributed by atoms with Gasteiger partial charge in [0.2, 0.25) is 5.91 Å². The number of carbonyl (C=O) groups excluding carboxylic acids is 1. The molecule has 1 amide bonds. The number of aromatic nitrogens is 1. The zero-order chi connectivity index (χ0) is 19.2. The molecule has 144 valence electrons. The Hall–Kier alpha value is -2.07. The molecule has 27 heavy (non-hydrogen) atoms. The molecule has 2 aliphatic heterocycles. The number of nitrogens with zero attached hydrogens (tertiary/aromatic N) is 3. The SMILES string of the molecule is CCC[N+]1(C)C[C@@H](C(=O)N(CC)CC)C=C2c3cccc4ccn(c34)CC21. The van der Waals surface area contributed by atoms with Gasteiger partial charge >= 0.3 is 0 Å². The molecule has 0 N–H and O–H groups in total. The Morgan fingerprint density at radius 1 is 1.22 bits per heavy atom. The summed E-state index contributed by atoms with van der Waals surface area (Å²) in [5.74, 6) is 0.268. The van der Waals surface area contributed by atoms with Crippen LogP contribution in [0.5, 0.6) is 0 Å². The lowest BCUT2D eigenvalue weighted by Crippen LogP contribution is -2.61. The summed E-state index contributed by atoms with van der Waals surface area (Å²) in [5, 5.41) is 1.30. The van der Waals surface area contributed by atoms with Crippen molar-refractivity contribution in [1.82, 2.24) is 9.47 Å². The van der Waals surface area contributed by atoms with E-state index in [9.17, 15) is 4.79 Å². The highest BCUT2D eigenvalue weighted by atomic mass is 16.2. The molecule has 0 spiro atoms. The molecule has 4 heteroatoms. The molecule has 2 aromatic rings. The summed E-state index contributed by atoms with van der Waals surface area (Å²) in [6.45, 7) is 11.0. The second kappa shape index (κ2) is 6.83. The van der Waals surface area contributed by atoms with Crippen LogP contribution in [0, 0.1) is 5.92 Å². The van der Waals surface area contributed by atoms with Crippen LogP contribution in [0.25, 0.3) is 16.5 Å². The smallest absolute Gasteiger partial charge is 0.235 e. The Labute approximate surface area is 162 Å². The number of quaternary nitrogens is 1. The number of benzene rings is 1. The van der Waals surface area contributed by atoms with Crippen LogP contribution in [0.3, 0.4) is 0 Å². The number of amides is 1. The van der Waals surface area contributed by atoms with E-state index in [-0.39, 0.29) is 5.92 Å². The first-order valence-corrected chi connectivity index (χ1v) is 10.4. The molecule has 2 unspecified atom stereocenters. The fourth-order valence-corrected chi connectivity index (χ4v) is 5.37. The number of fused-ring (bicyclic) bond motifs is 2. The lowest BCUT2D eigenvalue weighted by molar-refractivity contribution is -0.929. The first-order chi connectivity index (χ1) is 13.0. The van der Waals surface area contributed by atoms with Gasteiger partial charge in [-0.05, 0) is 26.3 Å². The molecular formula is C23H32N3O+. The van der Waals surface area contributed by atoms with Gasteiger partial charge in [-0.2, -0.15) is 0 Å². The van der Waals surface area contributed by atoms with Gasteiger partial charge in [0, 0.05) is 35.8 Å². The minimum atomic E-state index is -0.0236. The number of hydrogen-bond acceptors (Lipinski definition) is 1. The highest BCUT2D eigenvalue weighted by molar-refractivity contribution is 5.95. The monoisotopic (exact) mass is 366 g/mol. The fourth-order valence-electron chi connectivity index (χ4n) is 5.37. The maximum Gasteiger partial charge on any atom is 0.235 e. The van der Waals surface area contributed by atoms with Crippen LogP contribution in [-0.2, 0) is 11.3 Å². The topological polar surface area (TPSA) is 25.2 Å². The van der Waals surface area contributed by atoms with E-state index in [2.05, 4.69) is 68.9 Å². The summed E-state index contributed by atoms with van der Waals surface area (Å²) >= 11 is 0. The molecular weight excluding hydrogens is 334 g/mol. The van der Waals surface area contributed by atoms with Gasteiger partial charge in [-0.1, -0.05) is 31.2 Å². The predicted octanol–water partition coefficient (Wildman–Crippen LogP) is 3.76. The first kappa shape index (κ1) is 18.3. The van der Waals surface area contributed by atoms with Crippen LogP contribution in [0.15, 0.2) is 36.5 Å². The van der Waals surface area contributed by atoms with Gasteiger partial charge in [-0.3, -0.25) is 4.79 Å². The molecule has 3 atom stereocenters. The molecule has 0 bridgehead atoms. The van der Waals surface area contributed by atoms with E-state index in [1.165, 1.54) is 22.0 Å². The highest BCUT2D eigenvalue weighted by Crippen LogP contribution is 2.41. The Balaban J connectivity index is 1.85. The second-order valence-corrected chi connectivity index (χ2v) is 8.35. The largest absolute Gasteiger partial charge is 0.343 e. The molecule has 4 rings (SSSR count). The fraction of sp³-hybridized carbons (Fsp3) is 0.522. The van der Waals surface area contributed by atoms with Crippen LogP contribution in [0.2, 0.25) is 0 Å². The van der Waals surface area contributed by atoms with E-state index in [4.69, 9.17) is 0 Å². The van der Waals surface area contributed by atoms with Crippen molar-refractivity contribution in [2.24, 2.45) is 5.92 Å². The van der Waals surface area contributed by atoms with Crippen LogP contribution in [0.1, 0.15) is 32.8 Å². The summed E-state index contributed by atoms with van der Waals surface area (Å²) in [6, 6.07) is 9.25. The predicted molar refractivity (Wildman–Crippen MR) is 111 cm³/mol. The molecule has 1 aromatic carbocycles. The van der Waals surface area contributed by atoms with Crippen molar-refractivity contribution in [2.75, 3.05) is 33.2 Å². The van der Waals surface area contributed by atoms with Crippen molar-refractivity contribution in [2.45, 2.75) is 39.8 Å². The normalized spacial score (nSPS) is 26.6. The van der Waals surface area contributed by atoms with Crippen LogP contribution >= 0.6 is 0 Å². The molecule has 1 aromatic heterocycles. The average Bonchev–Trinajstić information content (AvgIpc) is 3.08. The van der Waals surface area contributed by atoms with Gasteiger partial charge in [0.25, 0.3) is 0 Å². The molecule has 2 aliphatic rings. The summed E-state index contributed by atoms with van der Waals surface area (Å²) in [6.07, 6.45) is 5.68. The number of likely N-dealkylation sites (N-methyl/N-ethyl adjacent to an activating group) is 1. The van der Waals surface area contributed by atoms with Crippen LogP contribution in [0.4, 0.5) is 0 Å². The van der Waals surface area contributed by atoms with Crippen molar-refractivity contribution in [3.05, 3.63) is 42.1 Å². The summed E-state index contributed by atoms with van der Waals surface area (Å²) in [7, 11) is 2.36. The maximum absolute atomic E-state index is 13.2. The number of para-hydroxylation sites is 1. The van der Waals surface area contributed by atoms with E-state index in [1.54, 1.807) is 0 Å². The molecule has 4 nitrogen and oxygen atoms in total. The van der Waals surface area contributed by atoms with Crippen LogP contribution in [-0.4, -0.2) is 59.1 Å². The maximum atomic E-state index is 13.2. The first-order valence-electron chi connectivity index (χ1n) is 10.4. The number of rotatable bonds is 5. The molecule has 0 saturated heterocycles. The Morgan fingerprint density at radius 2 is 2.00 bits per heavy atom. The van der Waals surface area contributed by atoms with Crippen molar-refractivity contribution >= 4 is 22.4 Å². The highest BCUT2D eigenvalue weighted by Gasteiger charge is 2.46. The third-order valence-corrected chi connectivity index (χ3v) is 6.70. The summed E-state index contributed by atoms with van der Waals surface area (Å²) in [5.41, 5.74) is 4.05.